The number of aromatic hydroxyl groups is 1. The Morgan fingerprint density at radius 2 is 1.78 bits per heavy atom. The van der Waals surface area contributed by atoms with Crippen molar-refractivity contribution in [1.29, 1.82) is 0 Å². The summed E-state index contributed by atoms with van der Waals surface area (Å²) in [6, 6.07) is 6.91. The van der Waals surface area contributed by atoms with Crippen LogP contribution in [0.2, 0.25) is 0 Å². The van der Waals surface area contributed by atoms with E-state index in [1.165, 1.54) is 0 Å². The van der Waals surface area contributed by atoms with Gasteiger partial charge in [-0.05, 0) is 12.1 Å². The van der Waals surface area contributed by atoms with Gasteiger partial charge in [0.15, 0.2) is 0 Å². The average molecular weight is 215 g/mol. The molecule has 1 N–H and O–H groups in total. The Balaban J connectivity index is 0.000000640. The normalized spacial score (nSPS) is 8.11. The van der Waals surface area contributed by atoms with Crippen LogP contribution < -0.4 is 0 Å². The van der Waals surface area contributed by atoms with Gasteiger partial charge in [-0.1, -0.05) is 12.1 Å². The average Bonchev–Trinajstić information content (AvgIpc) is 1.77. The van der Waals surface area contributed by atoms with Crippen molar-refractivity contribution in [2.24, 2.45) is 0 Å². The topological polar surface area (TPSA) is 20.2 Å². The standard InChI is InChI=1S/C6H6OS.Y/c7-5-3-1-2-4-6(5)8;/h1-4,7-8H;. The van der Waals surface area contributed by atoms with Crippen molar-refractivity contribution in [3.05, 3.63) is 24.3 Å². The monoisotopic (exact) mass is 215 g/mol. The summed E-state index contributed by atoms with van der Waals surface area (Å²) in [5.41, 5.74) is 0. The third kappa shape index (κ3) is 2.70. The molecule has 0 amide bonds. The van der Waals surface area contributed by atoms with E-state index in [9.17, 15) is 0 Å². The fourth-order valence-corrected chi connectivity index (χ4v) is 0.625. The van der Waals surface area contributed by atoms with Gasteiger partial charge in [0, 0.05) is 37.6 Å². The van der Waals surface area contributed by atoms with Crippen molar-refractivity contribution in [2.45, 2.75) is 4.90 Å². The molecule has 0 aromatic heterocycles. The molecule has 1 aromatic rings. The van der Waals surface area contributed by atoms with E-state index in [2.05, 4.69) is 12.6 Å². The number of phenols is 1. The summed E-state index contributed by atoms with van der Waals surface area (Å²) >= 11 is 3.95. The molecule has 0 atom stereocenters. The van der Waals surface area contributed by atoms with Crippen molar-refractivity contribution in [1.82, 2.24) is 0 Å². The molecule has 0 unspecified atom stereocenters. The van der Waals surface area contributed by atoms with Crippen molar-refractivity contribution in [2.75, 3.05) is 0 Å². The predicted octanol–water partition coefficient (Wildman–Crippen LogP) is 1.68. The zero-order valence-corrected chi connectivity index (χ0v) is 8.51. The van der Waals surface area contributed by atoms with Crippen LogP contribution in [0.15, 0.2) is 29.2 Å². The van der Waals surface area contributed by atoms with Crippen LogP contribution in [-0.2, 0) is 32.7 Å². The Morgan fingerprint density at radius 3 is 2.11 bits per heavy atom. The zero-order valence-electron chi connectivity index (χ0n) is 4.78. The Hall–Kier alpha value is 0.474. The Bertz CT molecular complexity index is 169. The summed E-state index contributed by atoms with van der Waals surface area (Å²) in [4.78, 5) is 0.618. The van der Waals surface area contributed by atoms with E-state index in [1.807, 2.05) is 6.07 Å². The Labute approximate surface area is 84.8 Å². The fourth-order valence-electron chi connectivity index (χ4n) is 0.464. The van der Waals surface area contributed by atoms with Gasteiger partial charge in [0.25, 0.3) is 0 Å². The molecule has 3 heteroatoms. The molecule has 1 nitrogen and oxygen atoms in total. The van der Waals surface area contributed by atoms with Gasteiger partial charge < -0.3 is 5.11 Å². The number of para-hydroxylation sites is 1. The molecule has 0 fully saturated rings. The number of hydrogen-bond donors (Lipinski definition) is 2. The minimum atomic E-state index is 0. The molecule has 1 rings (SSSR count). The van der Waals surface area contributed by atoms with E-state index in [0.717, 1.165) is 0 Å². The van der Waals surface area contributed by atoms with E-state index in [-0.39, 0.29) is 38.5 Å². The first-order valence-corrected chi connectivity index (χ1v) is 2.72. The second kappa shape index (κ2) is 4.31. The SMILES string of the molecule is Oc1ccccc1S.[Y]. The zero-order chi connectivity index (χ0) is 5.98. The van der Waals surface area contributed by atoms with E-state index >= 15 is 0 Å². The molecular formula is C6H6OSY. The van der Waals surface area contributed by atoms with Crippen LogP contribution in [0.3, 0.4) is 0 Å². The summed E-state index contributed by atoms with van der Waals surface area (Å²) < 4.78 is 0. The largest absolute Gasteiger partial charge is 0.507 e. The van der Waals surface area contributed by atoms with Gasteiger partial charge in [-0.2, -0.15) is 0 Å². The molecule has 0 aliphatic carbocycles. The van der Waals surface area contributed by atoms with Crippen LogP contribution in [0, 0.1) is 0 Å². The maximum Gasteiger partial charge on any atom is 0.128 e. The van der Waals surface area contributed by atoms with Crippen molar-refractivity contribution in [3.63, 3.8) is 0 Å². The van der Waals surface area contributed by atoms with Crippen molar-refractivity contribution < 1.29 is 37.8 Å². The van der Waals surface area contributed by atoms with Crippen LogP contribution in [0.5, 0.6) is 5.75 Å². The first-order chi connectivity index (χ1) is 3.80. The third-order valence-electron chi connectivity index (χ3n) is 0.882. The molecule has 0 aliphatic heterocycles. The van der Waals surface area contributed by atoms with E-state index in [0.29, 0.717) is 4.90 Å². The Morgan fingerprint density at radius 1 is 1.22 bits per heavy atom. The molecular weight excluding hydrogens is 209 g/mol. The van der Waals surface area contributed by atoms with Gasteiger partial charge in [-0.3, -0.25) is 0 Å². The van der Waals surface area contributed by atoms with E-state index in [1.54, 1.807) is 18.2 Å². The molecule has 0 aliphatic rings. The number of phenolic OH excluding ortho intramolecular Hbond substituents is 1. The molecule has 0 bridgehead atoms. The summed E-state index contributed by atoms with van der Waals surface area (Å²) in [5, 5.41) is 8.84. The maximum atomic E-state index is 8.84. The fraction of sp³-hybridized carbons (Fsp3) is 0. The van der Waals surface area contributed by atoms with Gasteiger partial charge in [0.2, 0.25) is 0 Å². The second-order valence-electron chi connectivity index (χ2n) is 1.49. The van der Waals surface area contributed by atoms with Crippen LogP contribution in [0.25, 0.3) is 0 Å². The first-order valence-electron chi connectivity index (χ1n) is 2.27. The molecule has 0 spiro atoms. The minimum Gasteiger partial charge on any atom is -0.507 e. The van der Waals surface area contributed by atoms with E-state index < -0.39 is 0 Å². The van der Waals surface area contributed by atoms with Crippen molar-refractivity contribution in [3.8, 4) is 5.75 Å². The van der Waals surface area contributed by atoms with Crippen LogP contribution in [0.1, 0.15) is 0 Å². The molecule has 9 heavy (non-hydrogen) atoms. The molecule has 1 aromatic carbocycles. The third-order valence-corrected chi connectivity index (χ3v) is 1.26. The van der Waals surface area contributed by atoms with Crippen molar-refractivity contribution >= 4 is 12.6 Å². The van der Waals surface area contributed by atoms with Crippen LogP contribution in [-0.4, -0.2) is 5.11 Å². The molecule has 0 heterocycles. The number of rotatable bonds is 0. The van der Waals surface area contributed by atoms with Crippen LogP contribution >= 0.6 is 12.6 Å². The predicted molar refractivity (Wildman–Crippen MR) is 35.4 cm³/mol. The quantitative estimate of drug-likeness (QED) is 0.631. The first kappa shape index (κ1) is 9.47. The van der Waals surface area contributed by atoms with Gasteiger partial charge in [0.05, 0.1) is 0 Å². The molecule has 45 valence electrons. The van der Waals surface area contributed by atoms with Gasteiger partial charge in [-0.25, -0.2) is 0 Å². The summed E-state index contributed by atoms with van der Waals surface area (Å²) in [5.74, 6) is 0.232. The smallest absolute Gasteiger partial charge is 0.128 e. The summed E-state index contributed by atoms with van der Waals surface area (Å²) in [6.07, 6.45) is 0. The van der Waals surface area contributed by atoms with Gasteiger partial charge in [0.1, 0.15) is 5.75 Å². The summed E-state index contributed by atoms with van der Waals surface area (Å²) in [6.45, 7) is 0. The van der Waals surface area contributed by atoms with Crippen LogP contribution in [0.4, 0.5) is 0 Å². The Kier molecular flexibility index (Phi) is 4.54. The summed E-state index contributed by atoms with van der Waals surface area (Å²) in [7, 11) is 0. The minimum absolute atomic E-state index is 0. The van der Waals surface area contributed by atoms with E-state index in [4.69, 9.17) is 5.11 Å². The molecule has 1 radical (unpaired) electrons. The second-order valence-corrected chi connectivity index (χ2v) is 1.97. The number of thiol groups is 1. The maximum absolute atomic E-state index is 8.84. The molecule has 0 saturated carbocycles. The van der Waals surface area contributed by atoms with Gasteiger partial charge >= 0.3 is 0 Å². The van der Waals surface area contributed by atoms with Gasteiger partial charge in [-0.15, -0.1) is 12.6 Å². The number of hydrogen-bond acceptors (Lipinski definition) is 2. The number of benzene rings is 1. The molecule has 0 saturated heterocycles.